The molecule has 0 aromatic heterocycles. The van der Waals surface area contributed by atoms with E-state index < -0.39 is 0 Å². The first kappa shape index (κ1) is 18.7. The quantitative estimate of drug-likeness (QED) is 0.863. The van der Waals surface area contributed by atoms with E-state index in [1.54, 1.807) is 24.3 Å². The van der Waals surface area contributed by atoms with Gasteiger partial charge in [0.2, 0.25) is 0 Å². The lowest BCUT2D eigenvalue weighted by molar-refractivity contribution is -0.0498. The molecule has 0 saturated carbocycles. The number of benzene rings is 2. The molecule has 2 aromatic carbocycles. The molecular weight excluding hydrogens is 360 g/mol. The van der Waals surface area contributed by atoms with Gasteiger partial charge < -0.3 is 10.0 Å². The van der Waals surface area contributed by atoms with Crippen LogP contribution in [-0.4, -0.2) is 52.5 Å². The molecule has 3 fully saturated rings. The summed E-state index contributed by atoms with van der Waals surface area (Å²) in [5, 5.41) is 9.51. The molecule has 152 valence electrons. The third kappa shape index (κ3) is 3.78. The van der Waals surface area contributed by atoms with Crippen LogP contribution in [0.4, 0.5) is 0 Å². The molecule has 2 aromatic rings. The lowest BCUT2D eigenvalue weighted by atomic mass is 9.74. The third-order valence-corrected chi connectivity index (χ3v) is 7.23. The smallest absolute Gasteiger partial charge is 0.253 e. The summed E-state index contributed by atoms with van der Waals surface area (Å²) < 4.78 is 0. The number of hydrogen-bond donors (Lipinski definition) is 1. The summed E-state index contributed by atoms with van der Waals surface area (Å²) >= 11 is 0. The van der Waals surface area contributed by atoms with Gasteiger partial charge in [0, 0.05) is 37.3 Å². The van der Waals surface area contributed by atoms with Gasteiger partial charge in [-0.05, 0) is 67.3 Å². The number of phenolic OH excluding ortho intramolecular Hbond substituents is 1. The average molecular weight is 391 g/mol. The number of amides is 1. The van der Waals surface area contributed by atoms with Gasteiger partial charge >= 0.3 is 0 Å². The number of carbonyl (C=O) groups is 1. The van der Waals surface area contributed by atoms with Gasteiger partial charge in [0.25, 0.3) is 5.91 Å². The Bertz CT molecular complexity index is 851. The zero-order chi connectivity index (χ0) is 19.8. The number of piperidine rings is 3. The molecule has 3 aliphatic rings. The van der Waals surface area contributed by atoms with E-state index in [4.69, 9.17) is 0 Å². The maximum atomic E-state index is 13.0. The van der Waals surface area contributed by atoms with Gasteiger partial charge in [-0.3, -0.25) is 9.69 Å². The van der Waals surface area contributed by atoms with Crippen molar-refractivity contribution in [2.75, 3.05) is 19.6 Å². The standard InChI is InChI=1S/C25H30N2O2/c28-23-11-9-20(10-12-23)25(29)26-15-19-13-21(17-26)24-8-4-7-22(27(24)16-19)14-18-5-2-1-3-6-18/h1-3,5-6,9-12,19,21-22,24,28H,4,7-8,13-17H2/t19-,21+,22+,24-/m0/s1. The fourth-order valence-electron chi connectivity index (χ4n) is 5.97. The average Bonchev–Trinajstić information content (AvgIpc) is 2.75. The first-order valence-corrected chi connectivity index (χ1v) is 11.1. The van der Waals surface area contributed by atoms with Gasteiger partial charge in [-0.25, -0.2) is 0 Å². The zero-order valence-corrected chi connectivity index (χ0v) is 16.9. The van der Waals surface area contributed by atoms with E-state index in [2.05, 4.69) is 40.1 Å². The molecule has 4 nitrogen and oxygen atoms in total. The van der Waals surface area contributed by atoms with Crippen molar-refractivity contribution < 1.29 is 9.90 Å². The maximum Gasteiger partial charge on any atom is 0.253 e. The van der Waals surface area contributed by atoms with E-state index in [1.807, 2.05) is 0 Å². The largest absolute Gasteiger partial charge is 0.508 e. The van der Waals surface area contributed by atoms with E-state index in [-0.39, 0.29) is 11.7 Å². The highest BCUT2D eigenvalue weighted by atomic mass is 16.3. The number of aromatic hydroxyl groups is 1. The summed E-state index contributed by atoms with van der Waals surface area (Å²) in [5.74, 6) is 1.48. The summed E-state index contributed by atoms with van der Waals surface area (Å²) in [6, 6.07) is 18.8. The van der Waals surface area contributed by atoms with Gasteiger partial charge in [-0.15, -0.1) is 0 Å². The molecule has 0 radical (unpaired) electrons. The van der Waals surface area contributed by atoms with Gasteiger partial charge in [0.1, 0.15) is 5.75 Å². The number of rotatable bonds is 3. The van der Waals surface area contributed by atoms with Crippen LogP contribution < -0.4 is 0 Å². The Kier molecular flexibility index (Phi) is 5.04. The second-order valence-electron chi connectivity index (χ2n) is 9.16. The van der Waals surface area contributed by atoms with Gasteiger partial charge in [-0.2, -0.15) is 0 Å². The molecule has 1 N–H and O–H groups in total. The number of hydrogen-bond acceptors (Lipinski definition) is 3. The topological polar surface area (TPSA) is 43.8 Å². The Balaban J connectivity index is 1.30. The molecule has 3 heterocycles. The predicted octanol–water partition coefficient (Wildman–Crippen LogP) is 3.95. The maximum absolute atomic E-state index is 13.0. The van der Waals surface area contributed by atoms with E-state index >= 15 is 0 Å². The summed E-state index contributed by atoms with van der Waals surface area (Å²) in [6.45, 7) is 2.85. The minimum absolute atomic E-state index is 0.116. The van der Waals surface area contributed by atoms with Crippen LogP contribution in [0.15, 0.2) is 54.6 Å². The van der Waals surface area contributed by atoms with Crippen LogP contribution in [0.25, 0.3) is 0 Å². The minimum atomic E-state index is 0.116. The Labute approximate surface area is 173 Å². The number of phenols is 1. The van der Waals surface area contributed by atoms with Crippen molar-refractivity contribution >= 4 is 5.91 Å². The molecule has 1 amide bonds. The number of likely N-dealkylation sites (tertiary alicyclic amines) is 1. The van der Waals surface area contributed by atoms with Crippen molar-refractivity contribution in [1.29, 1.82) is 0 Å². The number of nitrogens with zero attached hydrogens (tertiary/aromatic N) is 2. The van der Waals surface area contributed by atoms with E-state index in [9.17, 15) is 9.90 Å². The van der Waals surface area contributed by atoms with Gasteiger partial charge in [0.05, 0.1) is 0 Å². The molecule has 4 atom stereocenters. The van der Waals surface area contributed by atoms with Crippen LogP contribution in [0.2, 0.25) is 0 Å². The minimum Gasteiger partial charge on any atom is -0.508 e. The molecule has 4 heteroatoms. The molecule has 0 unspecified atom stereocenters. The first-order valence-electron chi connectivity index (χ1n) is 11.1. The van der Waals surface area contributed by atoms with Crippen LogP contribution in [0, 0.1) is 11.8 Å². The van der Waals surface area contributed by atoms with Crippen molar-refractivity contribution in [2.24, 2.45) is 11.8 Å². The highest BCUT2D eigenvalue weighted by Crippen LogP contribution is 2.40. The monoisotopic (exact) mass is 390 g/mol. The SMILES string of the molecule is O=C(c1ccc(O)cc1)N1C[C@@H]2C[C@H](C1)[C@@H]1CCC[C@H](Cc3ccccc3)N1C2. The van der Waals surface area contributed by atoms with Crippen molar-refractivity contribution in [3.8, 4) is 5.75 Å². The molecule has 3 saturated heterocycles. The van der Waals surface area contributed by atoms with Crippen LogP contribution in [0.5, 0.6) is 5.75 Å². The fourth-order valence-corrected chi connectivity index (χ4v) is 5.97. The highest BCUT2D eigenvalue weighted by molar-refractivity contribution is 5.94. The second-order valence-corrected chi connectivity index (χ2v) is 9.16. The summed E-state index contributed by atoms with van der Waals surface area (Å²) in [7, 11) is 0. The number of carbonyl (C=O) groups excluding carboxylic acids is 1. The van der Waals surface area contributed by atoms with Crippen LogP contribution >= 0.6 is 0 Å². The van der Waals surface area contributed by atoms with E-state index in [0.717, 1.165) is 26.1 Å². The summed E-state index contributed by atoms with van der Waals surface area (Å²) in [5.41, 5.74) is 2.13. The summed E-state index contributed by atoms with van der Waals surface area (Å²) in [6.07, 6.45) is 6.27. The normalized spacial score (nSPS) is 29.3. The Hall–Kier alpha value is -2.33. The first-order chi connectivity index (χ1) is 14.2. The molecule has 2 bridgehead atoms. The van der Waals surface area contributed by atoms with Crippen LogP contribution in [0.3, 0.4) is 0 Å². The third-order valence-electron chi connectivity index (χ3n) is 7.23. The van der Waals surface area contributed by atoms with E-state index in [1.165, 1.54) is 31.2 Å². The summed E-state index contributed by atoms with van der Waals surface area (Å²) in [4.78, 5) is 17.9. The fraction of sp³-hybridized carbons (Fsp3) is 0.480. The Morgan fingerprint density at radius 1 is 0.966 bits per heavy atom. The molecule has 0 spiro atoms. The lowest BCUT2D eigenvalue weighted by Crippen LogP contribution is -2.62. The lowest BCUT2D eigenvalue weighted by Gasteiger charge is -2.55. The van der Waals surface area contributed by atoms with E-state index in [0.29, 0.717) is 29.5 Å². The van der Waals surface area contributed by atoms with Crippen molar-refractivity contribution in [3.63, 3.8) is 0 Å². The Morgan fingerprint density at radius 3 is 2.55 bits per heavy atom. The van der Waals surface area contributed by atoms with Gasteiger partial charge in [-0.1, -0.05) is 36.8 Å². The molecular formula is C25H30N2O2. The molecule has 29 heavy (non-hydrogen) atoms. The predicted molar refractivity (Wildman–Crippen MR) is 114 cm³/mol. The molecule has 5 rings (SSSR count). The number of fused-ring (bicyclic) bond motifs is 4. The van der Waals surface area contributed by atoms with Crippen molar-refractivity contribution in [3.05, 3.63) is 65.7 Å². The van der Waals surface area contributed by atoms with Crippen LogP contribution in [-0.2, 0) is 6.42 Å². The van der Waals surface area contributed by atoms with Crippen molar-refractivity contribution in [2.45, 2.75) is 44.2 Å². The molecule has 0 aliphatic carbocycles. The zero-order valence-electron chi connectivity index (χ0n) is 16.9. The van der Waals surface area contributed by atoms with Gasteiger partial charge in [0.15, 0.2) is 0 Å². The highest BCUT2D eigenvalue weighted by Gasteiger charge is 2.45. The van der Waals surface area contributed by atoms with Crippen LogP contribution in [0.1, 0.15) is 41.6 Å². The molecule has 3 aliphatic heterocycles. The Morgan fingerprint density at radius 2 is 1.76 bits per heavy atom. The second kappa shape index (κ2) is 7.83. The van der Waals surface area contributed by atoms with Crippen molar-refractivity contribution in [1.82, 2.24) is 9.80 Å².